The number of aryl methyl sites for hydroxylation is 1. The van der Waals surface area contributed by atoms with Crippen molar-refractivity contribution in [2.75, 3.05) is 10.0 Å². The largest absolute Gasteiger partial charge is 0.432 e. The number of anilines is 2. The Morgan fingerprint density at radius 1 is 1.00 bits per heavy atom. The lowest BCUT2D eigenvalue weighted by Gasteiger charge is -2.13. The smallest absolute Gasteiger partial charge is 0.311 e. The minimum absolute atomic E-state index is 0.0372. The third kappa shape index (κ3) is 5.21. The number of hydrogen-bond donors (Lipinski definition) is 2. The molecule has 0 fully saturated rings. The van der Waals surface area contributed by atoms with Crippen molar-refractivity contribution < 1.29 is 17.6 Å². The Labute approximate surface area is 195 Å². The predicted octanol–water partition coefficient (Wildman–Crippen LogP) is 5.01. The number of oxazole rings is 1. The summed E-state index contributed by atoms with van der Waals surface area (Å²) >= 11 is 5.76. The molecule has 0 atom stereocenters. The molecule has 168 valence electrons. The van der Waals surface area contributed by atoms with E-state index in [0.29, 0.717) is 17.7 Å². The number of amides is 1. The first-order valence-corrected chi connectivity index (χ1v) is 11.8. The van der Waals surface area contributed by atoms with Gasteiger partial charge in [-0.3, -0.25) is 9.52 Å². The lowest BCUT2D eigenvalue weighted by atomic mass is 10.1. The summed E-state index contributed by atoms with van der Waals surface area (Å²) in [5.74, 6) is -0.283. The van der Waals surface area contributed by atoms with Gasteiger partial charge in [-0.05, 0) is 36.2 Å². The highest BCUT2D eigenvalue weighted by molar-refractivity contribution is 7.92. The number of aromatic nitrogens is 2. The molecule has 4 aromatic rings. The third-order valence-electron chi connectivity index (χ3n) is 4.73. The van der Waals surface area contributed by atoms with E-state index in [-0.39, 0.29) is 27.3 Å². The molecule has 8 nitrogen and oxygen atoms in total. The summed E-state index contributed by atoms with van der Waals surface area (Å²) in [5.41, 5.74) is 1.92. The van der Waals surface area contributed by atoms with Crippen molar-refractivity contribution >= 4 is 38.9 Å². The molecule has 0 saturated heterocycles. The summed E-state index contributed by atoms with van der Waals surface area (Å²) in [6, 6.07) is 16.9. The molecule has 0 saturated carbocycles. The van der Waals surface area contributed by atoms with Crippen LogP contribution in [0.4, 0.5) is 11.4 Å². The molecule has 10 heteroatoms. The second kappa shape index (κ2) is 9.43. The summed E-state index contributed by atoms with van der Waals surface area (Å²) in [5, 5.41) is 2.89. The highest BCUT2D eigenvalue weighted by Gasteiger charge is 2.21. The molecule has 2 heterocycles. The van der Waals surface area contributed by atoms with Crippen molar-refractivity contribution in [2.45, 2.75) is 18.2 Å². The van der Waals surface area contributed by atoms with Crippen LogP contribution >= 0.6 is 11.6 Å². The van der Waals surface area contributed by atoms with Crippen molar-refractivity contribution in [3.05, 3.63) is 89.7 Å². The number of carbonyl (C=O) groups is 1. The van der Waals surface area contributed by atoms with E-state index >= 15 is 0 Å². The Balaban J connectivity index is 1.57. The maximum Gasteiger partial charge on any atom is 0.311 e. The molecule has 2 N–H and O–H groups in total. The van der Waals surface area contributed by atoms with Gasteiger partial charge >= 0.3 is 5.91 Å². The van der Waals surface area contributed by atoms with Gasteiger partial charge in [0, 0.05) is 11.3 Å². The molecule has 0 spiro atoms. The van der Waals surface area contributed by atoms with Crippen LogP contribution < -0.4 is 10.0 Å². The number of nitrogens with one attached hydrogen (secondary N) is 2. The van der Waals surface area contributed by atoms with E-state index in [1.54, 1.807) is 12.1 Å². The predicted molar refractivity (Wildman–Crippen MR) is 126 cm³/mol. The molecule has 2 aromatic carbocycles. The number of carbonyl (C=O) groups excluding carboxylic acids is 1. The monoisotopic (exact) mass is 482 g/mol. The molecule has 0 bridgehead atoms. The van der Waals surface area contributed by atoms with Crippen molar-refractivity contribution in [3.63, 3.8) is 0 Å². The SMILES string of the molecule is CCc1ccc(NC(=O)c2ncc(-c3ccccc3)o2)cc1S(=O)(=O)Nc1ccc(Cl)nc1. The summed E-state index contributed by atoms with van der Waals surface area (Å²) in [6.45, 7) is 1.84. The molecule has 0 unspecified atom stereocenters. The third-order valence-corrected chi connectivity index (χ3v) is 6.42. The summed E-state index contributed by atoms with van der Waals surface area (Å²) in [6.07, 6.45) is 3.26. The van der Waals surface area contributed by atoms with Crippen LogP contribution in [0.2, 0.25) is 5.15 Å². The molecular formula is C23H19ClN4O4S. The number of benzene rings is 2. The first-order valence-electron chi connectivity index (χ1n) is 9.95. The Bertz CT molecular complexity index is 1390. The standard InChI is InChI=1S/C23H19ClN4O4S/c1-2-15-8-9-17(12-20(15)33(30,31)28-18-10-11-21(24)25-13-18)27-22(29)23-26-14-19(32-23)16-6-4-3-5-7-16/h3-14,28H,2H2,1H3,(H,27,29). The van der Waals surface area contributed by atoms with Gasteiger partial charge in [0.05, 0.1) is 23.0 Å². The number of rotatable bonds is 7. The second-order valence-electron chi connectivity index (χ2n) is 7.00. The van der Waals surface area contributed by atoms with E-state index in [0.717, 1.165) is 5.56 Å². The molecule has 0 aliphatic carbocycles. The van der Waals surface area contributed by atoms with Gasteiger partial charge in [-0.25, -0.2) is 18.4 Å². The average molecular weight is 483 g/mol. The molecule has 33 heavy (non-hydrogen) atoms. The van der Waals surface area contributed by atoms with Crippen LogP contribution in [-0.4, -0.2) is 24.3 Å². The zero-order valence-electron chi connectivity index (χ0n) is 17.4. The number of pyridine rings is 1. The highest BCUT2D eigenvalue weighted by atomic mass is 35.5. The van der Waals surface area contributed by atoms with Crippen molar-refractivity contribution in [3.8, 4) is 11.3 Å². The fourth-order valence-electron chi connectivity index (χ4n) is 3.12. The van der Waals surface area contributed by atoms with Crippen molar-refractivity contribution in [1.29, 1.82) is 0 Å². The number of halogens is 1. The van der Waals surface area contributed by atoms with Crippen LogP contribution in [-0.2, 0) is 16.4 Å². The van der Waals surface area contributed by atoms with Crippen LogP contribution in [0.25, 0.3) is 11.3 Å². The number of nitrogens with zero attached hydrogens (tertiary/aromatic N) is 2. The highest BCUT2D eigenvalue weighted by Crippen LogP contribution is 2.25. The minimum Gasteiger partial charge on any atom is -0.432 e. The average Bonchev–Trinajstić information content (AvgIpc) is 3.32. The fourth-order valence-corrected chi connectivity index (χ4v) is 4.61. The first kappa shape index (κ1) is 22.5. The molecular weight excluding hydrogens is 464 g/mol. The van der Waals surface area contributed by atoms with Gasteiger partial charge in [0.2, 0.25) is 0 Å². The zero-order valence-corrected chi connectivity index (χ0v) is 19.0. The van der Waals surface area contributed by atoms with Crippen LogP contribution in [0.5, 0.6) is 0 Å². The van der Waals surface area contributed by atoms with Gasteiger partial charge in [0.15, 0.2) is 5.76 Å². The Morgan fingerprint density at radius 3 is 2.45 bits per heavy atom. The van der Waals surface area contributed by atoms with Crippen LogP contribution in [0.1, 0.15) is 23.2 Å². The number of sulfonamides is 1. The summed E-state index contributed by atoms with van der Waals surface area (Å²) < 4.78 is 34.1. The summed E-state index contributed by atoms with van der Waals surface area (Å²) in [4.78, 5) is 20.6. The Kier molecular flexibility index (Phi) is 6.43. The second-order valence-corrected chi connectivity index (χ2v) is 9.04. The summed E-state index contributed by atoms with van der Waals surface area (Å²) in [7, 11) is -3.95. The molecule has 2 aromatic heterocycles. The van der Waals surface area contributed by atoms with Gasteiger partial charge < -0.3 is 9.73 Å². The van der Waals surface area contributed by atoms with Crippen LogP contribution in [0.3, 0.4) is 0 Å². The number of hydrogen-bond acceptors (Lipinski definition) is 6. The maximum absolute atomic E-state index is 13.0. The first-order chi connectivity index (χ1) is 15.9. The molecule has 1 amide bonds. The lowest BCUT2D eigenvalue weighted by molar-refractivity contribution is 0.0991. The van der Waals surface area contributed by atoms with Gasteiger partial charge in [0.1, 0.15) is 5.15 Å². The van der Waals surface area contributed by atoms with Gasteiger partial charge in [-0.1, -0.05) is 54.9 Å². The van der Waals surface area contributed by atoms with Gasteiger partial charge in [-0.15, -0.1) is 0 Å². The minimum atomic E-state index is -3.95. The maximum atomic E-state index is 13.0. The van der Waals surface area contributed by atoms with Crippen LogP contribution in [0.15, 0.2) is 82.4 Å². The molecule has 0 aliphatic heterocycles. The zero-order chi connectivity index (χ0) is 23.4. The van der Waals surface area contributed by atoms with Crippen molar-refractivity contribution in [2.24, 2.45) is 0 Å². The van der Waals surface area contributed by atoms with Crippen LogP contribution in [0, 0.1) is 0 Å². The molecule has 4 rings (SSSR count). The molecule has 0 radical (unpaired) electrons. The van der Waals surface area contributed by atoms with E-state index in [9.17, 15) is 13.2 Å². The lowest BCUT2D eigenvalue weighted by Crippen LogP contribution is -2.17. The van der Waals surface area contributed by atoms with E-state index in [1.165, 1.54) is 30.6 Å². The van der Waals surface area contributed by atoms with Crippen molar-refractivity contribution in [1.82, 2.24) is 9.97 Å². The van der Waals surface area contributed by atoms with Gasteiger partial charge in [0.25, 0.3) is 15.9 Å². The van der Waals surface area contributed by atoms with E-state index in [1.807, 2.05) is 37.3 Å². The van der Waals surface area contributed by atoms with E-state index in [2.05, 4.69) is 20.0 Å². The van der Waals surface area contributed by atoms with Gasteiger partial charge in [-0.2, -0.15) is 0 Å². The quantitative estimate of drug-likeness (QED) is 0.358. The fraction of sp³-hybridized carbons (Fsp3) is 0.0870. The topological polar surface area (TPSA) is 114 Å². The Hall–Kier alpha value is -3.69. The van der Waals surface area contributed by atoms with E-state index < -0.39 is 15.9 Å². The Morgan fingerprint density at radius 2 is 1.76 bits per heavy atom. The normalized spacial score (nSPS) is 11.2. The van der Waals surface area contributed by atoms with E-state index in [4.69, 9.17) is 16.0 Å². The molecule has 0 aliphatic rings.